The lowest BCUT2D eigenvalue weighted by atomic mass is 9.79. The smallest absolute Gasteiger partial charge is 0.178 e. The van der Waals surface area contributed by atoms with Crippen LogP contribution >= 0.6 is 0 Å². The van der Waals surface area contributed by atoms with Crippen LogP contribution in [0.3, 0.4) is 0 Å². The molecule has 43 heavy (non-hydrogen) atoms. The normalized spacial score (nSPS) is 20.6. The van der Waals surface area contributed by atoms with Crippen molar-refractivity contribution in [1.82, 2.24) is 19.6 Å². The van der Waals surface area contributed by atoms with E-state index in [1.54, 1.807) is 19.2 Å². The van der Waals surface area contributed by atoms with Gasteiger partial charge in [0.2, 0.25) is 0 Å². The minimum Gasteiger partial charge on any atom is -0.361 e. The Balaban J connectivity index is 1.51. The molecule has 2 aliphatic rings. The molecule has 3 atom stereocenters. The number of aromatic nitrogens is 4. The molecular formula is C33H51N5O3Si2. The van der Waals surface area contributed by atoms with Crippen LogP contribution in [-0.4, -0.2) is 68.2 Å². The lowest BCUT2D eigenvalue weighted by Gasteiger charge is -2.30. The molecular weight excluding hydrogens is 571 g/mol. The van der Waals surface area contributed by atoms with Crippen molar-refractivity contribution in [3.8, 4) is 11.1 Å². The number of hydrogen-bond acceptors (Lipinski definition) is 7. The second-order valence-electron chi connectivity index (χ2n) is 15.3. The molecule has 0 aromatic carbocycles. The van der Waals surface area contributed by atoms with E-state index < -0.39 is 16.1 Å². The van der Waals surface area contributed by atoms with Crippen LogP contribution in [0.5, 0.6) is 0 Å². The highest BCUT2D eigenvalue weighted by molar-refractivity contribution is 6.76. The van der Waals surface area contributed by atoms with Gasteiger partial charge in [0.05, 0.1) is 6.20 Å². The van der Waals surface area contributed by atoms with E-state index in [9.17, 15) is 4.79 Å². The number of Topliss-reactive ketones (excluding diaryl/α,β-unsaturated/α-hetero) is 1. The largest absolute Gasteiger partial charge is 0.361 e. The zero-order chi connectivity index (χ0) is 30.8. The fourth-order valence-corrected chi connectivity index (χ4v) is 7.90. The van der Waals surface area contributed by atoms with Gasteiger partial charge in [0, 0.05) is 71.3 Å². The molecule has 3 aromatic rings. The van der Waals surface area contributed by atoms with Crippen LogP contribution in [0.2, 0.25) is 51.4 Å². The van der Waals surface area contributed by atoms with Crippen molar-refractivity contribution in [3.05, 3.63) is 42.0 Å². The summed E-state index contributed by atoms with van der Waals surface area (Å²) >= 11 is 0. The highest BCUT2D eigenvalue weighted by atomic mass is 28.3. The topological polar surface area (TPSA) is 81.9 Å². The van der Waals surface area contributed by atoms with Crippen LogP contribution in [0, 0.1) is 11.8 Å². The molecule has 234 valence electrons. The van der Waals surface area contributed by atoms with Gasteiger partial charge < -0.3 is 14.4 Å². The fraction of sp³-hybridized carbons (Fsp3) is 0.636. The highest BCUT2D eigenvalue weighted by Crippen LogP contribution is 2.48. The number of fused-ring (bicyclic) bond motifs is 3. The molecule has 10 heteroatoms. The van der Waals surface area contributed by atoms with E-state index in [4.69, 9.17) is 19.6 Å². The molecule has 0 saturated heterocycles. The van der Waals surface area contributed by atoms with Crippen molar-refractivity contribution in [2.45, 2.75) is 96.3 Å². The molecule has 2 bridgehead atoms. The van der Waals surface area contributed by atoms with Gasteiger partial charge in [-0.1, -0.05) is 58.2 Å². The third-order valence-corrected chi connectivity index (χ3v) is 12.4. The summed E-state index contributed by atoms with van der Waals surface area (Å²) in [5.41, 5.74) is 4.25. The van der Waals surface area contributed by atoms with Gasteiger partial charge in [0.15, 0.2) is 11.4 Å². The first-order valence-corrected chi connectivity index (χ1v) is 23.5. The van der Waals surface area contributed by atoms with Crippen molar-refractivity contribution < 1.29 is 14.3 Å². The first kappa shape index (κ1) is 32.0. The Hall–Kier alpha value is -2.41. The lowest BCUT2D eigenvalue weighted by molar-refractivity contribution is 0.0942. The minimum atomic E-state index is -1.21. The van der Waals surface area contributed by atoms with Gasteiger partial charge in [0.25, 0.3) is 0 Å². The Bertz CT molecular complexity index is 1360. The molecule has 0 spiro atoms. The number of rotatable bonds is 14. The molecule has 1 unspecified atom stereocenters. The number of carbonyl (C=O) groups excluding carboxylic acids is 1. The quantitative estimate of drug-likeness (QED) is 0.0789. The van der Waals surface area contributed by atoms with Crippen LogP contribution in [-0.2, 0) is 9.47 Å². The predicted molar refractivity (Wildman–Crippen MR) is 179 cm³/mol. The van der Waals surface area contributed by atoms with E-state index in [1.165, 1.54) is 32.1 Å². The summed E-state index contributed by atoms with van der Waals surface area (Å²) in [4.78, 5) is 23.8. The van der Waals surface area contributed by atoms with Crippen molar-refractivity contribution in [2.75, 3.05) is 31.6 Å². The maximum Gasteiger partial charge on any atom is 0.178 e. The van der Waals surface area contributed by atoms with Gasteiger partial charge in [-0.15, -0.1) is 0 Å². The van der Waals surface area contributed by atoms with Gasteiger partial charge >= 0.3 is 0 Å². The van der Waals surface area contributed by atoms with E-state index >= 15 is 0 Å². The Morgan fingerprint density at radius 3 is 2.09 bits per heavy atom. The van der Waals surface area contributed by atoms with E-state index in [2.05, 4.69) is 55.2 Å². The van der Waals surface area contributed by atoms with Crippen LogP contribution in [0.15, 0.2) is 30.6 Å². The number of nitrogens with zero attached hydrogens (tertiary/aromatic N) is 5. The molecule has 8 nitrogen and oxygen atoms in total. The summed E-state index contributed by atoms with van der Waals surface area (Å²) in [5.74, 6) is 2.98. The van der Waals surface area contributed by atoms with Gasteiger partial charge in [-0.25, -0.2) is 4.98 Å². The Morgan fingerprint density at radius 2 is 1.56 bits per heavy atom. The van der Waals surface area contributed by atoms with Crippen molar-refractivity contribution in [3.63, 3.8) is 0 Å². The standard InChI is InChI=1S/C33H51N5O3Si2/c1-24(39)30-11-10-27(20-34-30)29-21-35-38-32(19-31(36-33(29)38)28-17-25-8-9-26(16-25)18-28)37(22-40-12-14-42(2,3)4)23-41-13-15-43(5,6)7/h10-11,19-21,25-26,28H,8-9,12-18,22-23H2,1-7H3/t25-,26+,28?. The molecule has 0 aliphatic heterocycles. The molecule has 0 N–H and O–H groups in total. The van der Waals surface area contributed by atoms with Crippen LogP contribution < -0.4 is 4.90 Å². The van der Waals surface area contributed by atoms with E-state index in [0.29, 0.717) is 25.1 Å². The summed E-state index contributed by atoms with van der Waals surface area (Å²) in [6.07, 6.45) is 10.1. The summed E-state index contributed by atoms with van der Waals surface area (Å²) in [6, 6.07) is 8.23. The van der Waals surface area contributed by atoms with Crippen molar-refractivity contribution in [2.24, 2.45) is 11.8 Å². The first-order valence-electron chi connectivity index (χ1n) is 16.1. The molecule has 3 heterocycles. The highest BCUT2D eigenvalue weighted by Gasteiger charge is 2.36. The van der Waals surface area contributed by atoms with Crippen LogP contribution in [0.1, 0.15) is 61.1 Å². The molecule has 2 saturated carbocycles. The van der Waals surface area contributed by atoms with Crippen LogP contribution in [0.4, 0.5) is 5.82 Å². The SMILES string of the molecule is CC(=O)c1ccc(-c2cnn3c(N(COCC[Si](C)(C)C)COCC[Si](C)(C)C)cc(C4C[C@H]5CC[C@@H](C4)C5)nc23)cn1. The average molecular weight is 622 g/mol. The maximum absolute atomic E-state index is 11.9. The average Bonchev–Trinajstić information content (AvgIpc) is 3.52. The summed E-state index contributed by atoms with van der Waals surface area (Å²) in [7, 11) is -2.43. The zero-order valence-electron chi connectivity index (χ0n) is 27.4. The van der Waals surface area contributed by atoms with Gasteiger partial charge in [0.1, 0.15) is 25.0 Å². The monoisotopic (exact) mass is 621 g/mol. The maximum atomic E-state index is 11.9. The van der Waals surface area contributed by atoms with Gasteiger partial charge in [-0.05, 0) is 49.3 Å². The second kappa shape index (κ2) is 13.3. The number of pyridine rings is 1. The van der Waals surface area contributed by atoms with Gasteiger partial charge in [-0.2, -0.15) is 9.61 Å². The Labute approximate surface area is 259 Å². The number of ether oxygens (including phenoxy) is 2. The molecule has 2 fully saturated rings. The number of ketones is 1. The van der Waals surface area contributed by atoms with E-state index in [1.807, 2.05) is 16.8 Å². The number of carbonyl (C=O) groups is 1. The third kappa shape index (κ3) is 8.41. The molecule has 0 amide bonds. The van der Waals surface area contributed by atoms with Crippen molar-refractivity contribution in [1.29, 1.82) is 0 Å². The molecule has 2 aliphatic carbocycles. The molecule has 5 rings (SSSR count). The summed E-state index contributed by atoms with van der Waals surface area (Å²) in [6.45, 7) is 18.2. The lowest BCUT2D eigenvalue weighted by Crippen LogP contribution is -2.33. The van der Waals surface area contributed by atoms with Gasteiger partial charge in [-0.3, -0.25) is 9.78 Å². The zero-order valence-corrected chi connectivity index (χ0v) is 29.4. The predicted octanol–water partition coefficient (Wildman–Crippen LogP) is 7.72. The summed E-state index contributed by atoms with van der Waals surface area (Å²) in [5, 5.41) is 4.86. The summed E-state index contributed by atoms with van der Waals surface area (Å²) < 4.78 is 14.6. The fourth-order valence-electron chi connectivity index (χ4n) is 6.39. The van der Waals surface area contributed by atoms with E-state index in [-0.39, 0.29) is 5.78 Å². The third-order valence-electron chi connectivity index (χ3n) is 9.02. The molecule has 3 aromatic heterocycles. The van der Waals surface area contributed by atoms with Crippen molar-refractivity contribution >= 4 is 33.4 Å². The Kier molecular flexibility index (Phi) is 9.90. The first-order chi connectivity index (χ1) is 20.4. The Morgan fingerprint density at radius 1 is 0.930 bits per heavy atom. The second-order valence-corrected chi connectivity index (χ2v) is 26.5. The molecule has 0 radical (unpaired) electrons. The number of hydrogen-bond donors (Lipinski definition) is 0. The van der Waals surface area contributed by atoms with Crippen LogP contribution in [0.25, 0.3) is 16.8 Å². The van der Waals surface area contributed by atoms with E-state index in [0.717, 1.165) is 65.4 Å². The number of anilines is 1. The minimum absolute atomic E-state index is 0.0417.